The number of hydrogen-bond acceptors (Lipinski definition) is 2. The van der Waals surface area contributed by atoms with Crippen LogP contribution in [0.25, 0.3) is 0 Å². The Hall–Kier alpha value is -2.23. The first-order valence-corrected chi connectivity index (χ1v) is 12.5. The average Bonchev–Trinajstić information content (AvgIpc) is 3.58. The summed E-state index contributed by atoms with van der Waals surface area (Å²) < 4.78 is 6.96. The van der Waals surface area contributed by atoms with Gasteiger partial charge in [-0.3, -0.25) is 4.79 Å². The van der Waals surface area contributed by atoms with Crippen LogP contribution in [0.5, 0.6) is 0 Å². The Morgan fingerprint density at radius 2 is 1.38 bits per heavy atom. The number of epoxide rings is 1. The van der Waals surface area contributed by atoms with Crippen molar-refractivity contribution in [2.24, 2.45) is 0 Å². The molecule has 3 heteroatoms. The van der Waals surface area contributed by atoms with Crippen molar-refractivity contribution in [3.8, 4) is 0 Å². The molecule has 1 fully saturated rings. The summed E-state index contributed by atoms with van der Waals surface area (Å²) in [7, 11) is 0. The van der Waals surface area contributed by atoms with Crippen LogP contribution in [-0.2, 0) is 28.0 Å². The molecule has 0 aromatic heterocycles. The SMILES string of the molecule is O=[C][C@]1(c2ccc(Br)cc2)O[C@H]1c1ccccc1CCCCCCCCc1ccccc1. The Kier molecular flexibility index (Phi) is 7.94. The summed E-state index contributed by atoms with van der Waals surface area (Å²) in [4.78, 5) is 11.9. The third-order valence-electron chi connectivity index (χ3n) is 6.38. The Balaban J connectivity index is 1.24. The maximum atomic E-state index is 11.9. The Morgan fingerprint density at radius 3 is 2.09 bits per heavy atom. The van der Waals surface area contributed by atoms with Crippen LogP contribution >= 0.6 is 15.9 Å². The van der Waals surface area contributed by atoms with Gasteiger partial charge in [-0.2, -0.15) is 0 Å². The van der Waals surface area contributed by atoms with Crippen LogP contribution < -0.4 is 0 Å². The number of halogens is 1. The molecule has 0 bridgehead atoms. The van der Waals surface area contributed by atoms with Crippen LogP contribution in [-0.4, -0.2) is 6.29 Å². The van der Waals surface area contributed by atoms with Crippen molar-refractivity contribution in [1.82, 2.24) is 0 Å². The molecule has 3 aromatic carbocycles. The second-order valence-corrected chi connectivity index (χ2v) is 9.56. The molecule has 1 heterocycles. The predicted molar refractivity (Wildman–Crippen MR) is 133 cm³/mol. The van der Waals surface area contributed by atoms with Crippen LogP contribution in [0.15, 0.2) is 83.3 Å². The largest absolute Gasteiger partial charge is 0.347 e. The first-order chi connectivity index (χ1) is 15.7. The molecular weight excluding hydrogens is 460 g/mol. The van der Waals surface area contributed by atoms with Crippen LogP contribution in [0, 0.1) is 0 Å². The van der Waals surface area contributed by atoms with Crippen LogP contribution in [0.2, 0.25) is 0 Å². The number of aryl methyl sites for hydroxylation is 2. The zero-order chi connectivity index (χ0) is 22.2. The number of unbranched alkanes of at least 4 members (excludes halogenated alkanes) is 5. The zero-order valence-electron chi connectivity index (χ0n) is 18.4. The molecule has 0 spiro atoms. The molecule has 1 saturated heterocycles. The van der Waals surface area contributed by atoms with Gasteiger partial charge in [0.25, 0.3) is 0 Å². The van der Waals surface area contributed by atoms with Crippen molar-refractivity contribution >= 4 is 22.2 Å². The lowest BCUT2D eigenvalue weighted by molar-refractivity contribution is 0.338. The highest BCUT2D eigenvalue weighted by molar-refractivity contribution is 9.10. The molecule has 4 rings (SSSR count). The van der Waals surface area contributed by atoms with E-state index in [2.05, 4.69) is 70.7 Å². The Morgan fingerprint density at radius 1 is 0.750 bits per heavy atom. The molecular formula is C29H30BrO2. The van der Waals surface area contributed by atoms with Crippen molar-refractivity contribution in [3.05, 3.63) is 106 Å². The van der Waals surface area contributed by atoms with Gasteiger partial charge in [0.2, 0.25) is 6.29 Å². The maximum Gasteiger partial charge on any atom is 0.241 e. The molecule has 1 aliphatic rings. The van der Waals surface area contributed by atoms with E-state index in [-0.39, 0.29) is 6.10 Å². The lowest BCUT2D eigenvalue weighted by Gasteiger charge is -2.10. The van der Waals surface area contributed by atoms with Crippen molar-refractivity contribution in [2.75, 3.05) is 0 Å². The normalized spacial score (nSPS) is 19.6. The van der Waals surface area contributed by atoms with Gasteiger partial charge in [-0.1, -0.05) is 108 Å². The molecule has 0 unspecified atom stereocenters. The molecule has 165 valence electrons. The molecule has 2 atom stereocenters. The summed E-state index contributed by atoms with van der Waals surface area (Å²) in [6.07, 6.45) is 11.7. The summed E-state index contributed by atoms with van der Waals surface area (Å²) in [5.41, 5.74) is 3.76. The minimum Gasteiger partial charge on any atom is -0.347 e. The summed E-state index contributed by atoms with van der Waals surface area (Å²) in [5.74, 6) is 0. The average molecular weight is 490 g/mol. The van der Waals surface area contributed by atoms with Gasteiger partial charge in [-0.05, 0) is 60.1 Å². The zero-order valence-corrected chi connectivity index (χ0v) is 20.0. The smallest absolute Gasteiger partial charge is 0.241 e. The van der Waals surface area contributed by atoms with Gasteiger partial charge < -0.3 is 4.74 Å². The number of ether oxygens (including phenoxy) is 1. The van der Waals surface area contributed by atoms with Crippen molar-refractivity contribution in [3.63, 3.8) is 0 Å². The molecule has 32 heavy (non-hydrogen) atoms. The van der Waals surface area contributed by atoms with Crippen LogP contribution in [0.1, 0.15) is 66.9 Å². The van der Waals surface area contributed by atoms with E-state index in [1.54, 1.807) is 0 Å². The van der Waals surface area contributed by atoms with E-state index in [1.807, 2.05) is 30.3 Å². The van der Waals surface area contributed by atoms with Crippen LogP contribution in [0.3, 0.4) is 0 Å². The lowest BCUT2D eigenvalue weighted by Crippen LogP contribution is -2.12. The molecule has 1 aliphatic heterocycles. The predicted octanol–water partition coefficient (Wildman–Crippen LogP) is 7.65. The molecule has 0 saturated carbocycles. The van der Waals surface area contributed by atoms with Gasteiger partial charge in [0.15, 0.2) is 5.60 Å². The second kappa shape index (κ2) is 11.1. The second-order valence-electron chi connectivity index (χ2n) is 8.65. The van der Waals surface area contributed by atoms with Gasteiger partial charge in [0, 0.05) is 4.47 Å². The highest BCUT2D eigenvalue weighted by atomic mass is 79.9. The van der Waals surface area contributed by atoms with Crippen LogP contribution in [0.4, 0.5) is 0 Å². The van der Waals surface area contributed by atoms with E-state index >= 15 is 0 Å². The lowest BCUT2D eigenvalue weighted by atomic mass is 9.89. The highest BCUT2D eigenvalue weighted by Gasteiger charge is 2.60. The Bertz CT molecular complexity index is 999. The maximum absolute atomic E-state index is 11.9. The van der Waals surface area contributed by atoms with Crippen molar-refractivity contribution in [1.29, 1.82) is 0 Å². The van der Waals surface area contributed by atoms with Gasteiger partial charge in [0.05, 0.1) is 0 Å². The van der Waals surface area contributed by atoms with Crippen molar-refractivity contribution < 1.29 is 9.53 Å². The fourth-order valence-electron chi connectivity index (χ4n) is 4.50. The topological polar surface area (TPSA) is 29.6 Å². The molecule has 3 aromatic rings. The van der Waals surface area contributed by atoms with E-state index in [0.717, 1.165) is 22.0 Å². The molecule has 0 N–H and O–H groups in total. The summed E-state index contributed by atoms with van der Waals surface area (Å²) in [6, 6.07) is 26.9. The van der Waals surface area contributed by atoms with Crippen molar-refractivity contribution in [2.45, 2.75) is 63.1 Å². The summed E-state index contributed by atoms with van der Waals surface area (Å²) >= 11 is 3.45. The quantitative estimate of drug-likeness (QED) is 0.193. The fraction of sp³-hybridized carbons (Fsp3) is 0.345. The molecule has 2 nitrogen and oxygen atoms in total. The third-order valence-corrected chi connectivity index (χ3v) is 6.91. The summed E-state index contributed by atoms with van der Waals surface area (Å²) in [5, 5.41) is 0. The van der Waals surface area contributed by atoms with E-state index in [4.69, 9.17) is 4.74 Å². The first-order valence-electron chi connectivity index (χ1n) is 11.7. The third kappa shape index (κ3) is 5.57. The minimum atomic E-state index is -0.963. The molecule has 1 radical (unpaired) electrons. The summed E-state index contributed by atoms with van der Waals surface area (Å²) in [6.45, 7) is 0. The number of hydrogen-bond donors (Lipinski definition) is 0. The van der Waals surface area contributed by atoms with E-state index in [9.17, 15) is 4.79 Å². The molecule has 0 aliphatic carbocycles. The highest BCUT2D eigenvalue weighted by Crippen LogP contribution is 2.56. The van der Waals surface area contributed by atoms with Gasteiger partial charge >= 0.3 is 0 Å². The van der Waals surface area contributed by atoms with E-state index in [0.29, 0.717) is 0 Å². The van der Waals surface area contributed by atoms with E-state index in [1.165, 1.54) is 56.1 Å². The first kappa shape index (κ1) is 22.9. The molecule has 0 amide bonds. The monoisotopic (exact) mass is 489 g/mol. The van der Waals surface area contributed by atoms with E-state index < -0.39 is 5.60 Å². The fourth-order valence-corrected chi connectivity index (χ4v) is 4.77. The van der Waals surface area contributed by atoms with Gasteiger partial charge in [-0.15, -0.1) is 0 Å². The number of rotatable bonds is 12. The van der Waals surface area contributed by atoms with Gasteiger partial charge in [0.1, 0.15) is 6.10 Å². The van der Waals surface area contributed by atoms with Gasteiger partial charge in [-0.25, -0.2) is 0 Å². The number of benzene rings is 3. The minimum absolute atomic E-state index is 0.240. The number of carbonyl (C=O) groups excluding carboxylic acids is 1. The standard InChI is InChI=1S/C29H30BrO2/c30-26-20-18-25(19-21-26)29(22-31)28(32-29)27-17-11-10-16-24(27)15-9-4-2-1-3-6-12-23-13-7-5-8-14-23/h5,7-8,10-11,13-14,16-21,28H,1-4,6,9,12,15H2/t28-,29+/m0/s1. The Labute approximate surface area is 200 Å².